The molecule has 66 valence electrons. The minimum absolute atomic E-state index is 0. The number of aliphatic hydroxyl groups is 2. The van der Waals surface area contributed by atoms with Gasteiger partial charge in [-0.15, -0.1) is 0 Å². The molecule has 0 saturated heterocycles. The van der Waals surface area contributed by atoms with E-state index >= 15 is 0 Å². The van der Waals surface area contributed by atoms with E-state index in [0.717, 1.165) is 0 Å². The third-order valence-corrected chi connectivity index (χ3v) is 0.805. The molecule has 0 aromatic rings. The summed E-state index contributed by atoms with van der Waals surface area (Å²) in [5, 5.41) is 32.5. The summed E-state index contributed by atoms with van der Waals surface area (Å²) in [6, 6.07) is 0. The summed E-state index contributed by atoms with van der Waals surface area (Å²) in [6.45, 7) is 0. The number of carboxylic acid groups (broad SMARTS) is 2. The molecular formula is C4H6INaO6. The van der Waals surface area contributed by atoms with E-state index in [2.05, 4.69) is 0 Å². The van der Waals surface area contributed by atoms with Gasteiger partial charge in [-0.25, -0.2) is 9.59 Å². The SMILES string of the molecule is O=C(O)[C@@H](O)[C@H](O)C(=O)O.[I-].[Na+]. The minimum Gasteiger partial charge on any atom is -1.00 e. The Kier molecular flexibility index (Phi) is 12.6. The largest absolute Gasteiger partial charge is 1.00 e. The average Bonchev–Trinajstić information content (AvgIpc) is 1.84. The number of carbonyl (C=O) groups is 2. The maximum Gasteiger partial charge on any atom is 1.00 e. The van der Waals surface area contributed by atoms with E-state index in [1.54, 1.807) is 0 Å². The van der Waals surface area contributed by atoms with Crippen LogP contribution >= 0.6 is 0 Å². The Morgan fingerprint density at radius 1 is 0.917 bits per heavy atom. The van der Waals surface area contributed by atoms with Crippen molar-refractivity contribution in [2.75, 3.05) is 0 Å². The van der Waals surface area contributed by atoms with Gasteiger partial charge in [0.1, 0.15) is 0 Å². The Hall–Kier alpha value is 0.590. The van der Waals surface area contributed by atoms with Crippen LogP contribution in [0, 0.1) is 0 Å². The second kappa shape index (κ2) is 8.20. The van der Waals surface area contributed by atoms with E-state index in [9.17, 15) is 9.59 Å². The number of halogens is 1. The summed E-state index contributed by atoms with van der Waals surface area (Å²) in [6.07, 6.45) is -4.53. The molecule has 0 amide bonds. The first-order chi connectivity index (χ1) is 4.46. The van der Waals surface area contributed by atoms with Crippen molar-refractivity contribution in [1.82, 2.24) is 0 Å². The van der Waals surface area contributed by atoms with Gasteiger partial charge >= 0.3 is 41.5 Å². The molecule has 0 fully saturated rings. The fourth-order valence-corrected chi connectivity index (χ4v) is 0.270. The van der Waals surface area contributed by atoms with Crippen LogP contribution in [0.2, 0.25) is 0 Å². The number of rotatable bonds is 3. The van der Waals surface area contributed by atoms with Gasteiger partial charge in [-0.2, -0.15) is 0 Å². The van der Waals surface area contributed by atoms with Crippen LogP contribution in [0.1, 0.15) is 0 Å². The van der Waals surface area contributed by atoms with Crippen LogP contribution in [-0.4, -0.2) is 44.6 Å². The Balaban J connectivity index is -0.000000405. The van der Waals surface area contributed by atoms with E-state index < -0.39 is 24.1 Å². The maximum absolute atomic E-state index is 9.77. The fraction of sp³-hybridized carbons (Fsp3) is 0.500. The van der Waals surface area contributed by atoms with Crippen molar-refractivity contribution in [2.24, 2.45) is 0 Å². The van der Waals surface area contributed by atoms with Crippen LogP contribution < -0.4 is 53.5 Å². The van der Waals surface area contributed by atoms with Crippen molar-refractivity contribution in [1.29, 1.82) is 0 Å². The van der Waals surface area contributed by atoms with E-state index in [1.807, 2.05) is 0 Å². The number of carboxylic acids is 2. The smallest absolute Gasteiger partial charge is 1.00 e. The van der Waals surface area contributed by atoms with Gasteiger partial charge < -0.3 is 44.4 Å². The zero-order valence-electron chi connectivity index (χ0n) is 6.14. The molecule has 0 saturated carbocycles. The van der Waals surface area contributed by atoms with E-state index in [0.29, 0.717) is 0 Å². The van der Waals surface area contributed by atoms with Crippen molar-refractivity contribution >= 4 is 11.9 Å². The molecular weight excluding hydrogens is 294 g/mol. The topological polar surface area (TPSA) is 115 Å². The summed E-state index contributed by atoms with van der Waals surface area (Å²) in [5.74, 6) is -3.54. The zero-order valence-corrected chi connectivity index (χ0v) is 10.3. The number of hydrogen-bond donors (Lipinski definition) is 4. The number of aliphatic carboxylic acids is 2. The molecule has 0 aliphatic rings. The Morgan fingerprint density at radius 3 is 1.17 bits per heavy atom. The van der Waals surface area contributed by atoms with Crippen LogP contribution in [0.25, 0.3) is 0 Å². The summed E-state index contributed by atoms with van der Waals surface area (Å²) < 4.78 is 0. The molecule has 12 heavy (non-hydrogen) atoms. The molecule has 0 bridgehead atoms. The Bertz CT molecular complexity index is 144. The molecule has 8 heteroatoms. The summed E-state index contributed by atoms with van der Waals surface area (Å²) in [7, 11) is 0. The summed E-state index contributed by atoms with van der Waals surface area (Å²) in [5.41, 5.74) is 0. The molecule has 0 spiro atoms. The van der Waals surface area contributed by atoms with Crippen LogP contribution in [0.15, 0.2) is 0 Å². The maximum atomic E-state index is 9.77. The molecule has 6 nitrogen and oxygen atoms in total. The Morgan fingerprint density at radius 2 is 1.08 bits per heavy atom. The second-order valence-corrected chi connectivity index (χ2v) is 1.57. The predicted molar refractivity (Wildman–Crippen MR) is 27.3 cm³/mol. The molecule has 0 aromatic heterocycles. The first-order valence-electron chi connectivity index (χ1n) is 2.28. The van der Waals surface area contributed by atoms with Crippen molar-refractivity contribution in [3.8, 4) is 0 Å². The van der Waals surface area contributed by atoms with Crippen LogP contribution in [-0.2, 0) is 9.59 Å². The quantitative estimate of drug-likeness (QED) is 0.304. The van der Waals surface area contributed by atoms with E-state index in [1.165, 1.54) is 0 Å². The van der Waals surface area contributed by atoms with Gasteiger partial charge in [-0.1, -0.05) is 0 Å². The molecule has 0 aliphatic heterocycles. The molecule has 0 aromatic carbocycles. The van der Waals surface area contributed by atoms with Gasteiger partial charge in [0, 0.05) is 0 Å². The fourth-order valence-electron chi connectivity index (χ4n) is 0.270. The third kappa shape index (κ3) is 6.14. The van der Waals surface area contributed by atoms with E-state index in [4.69, 9.17) is 20.4 Å². The van der Waals surface area contributed by atoms with Gasteiger partial charge in [-0.05, 0) is 0 Å². The molecule has 2 atom stereocenters. The van der Waals surface area contributed by atoms with Gasteiger partial charge in [0.15, 0.2) is 12.2 Å². The van der Waals surface area contributed by atoms with Crippen molar-refractivity contribution in [3.63, 3.8) is 0 Å². The molecule has 0 heterocycles. The van der Waals surface area contributed by atoms with Crippen molar-refractivity contribution < 1.29 is 83.5 Å². The zero-order chi connectivity index (χ0) is 8.31. The van der Waals surface area contributed by atoms with Gasteiger partial charge in [0.2, 0.25) is 0 Å². The summed E-state index contributed by atoms with van der Waals surface area (Å²) in [4.78, 5) is 19.5. The molecule has 4 N–H and O–H groups in total. The van der Waals surface area contributed by atoms with Gasteiger partial charge in [-0.3, -0.25) is 0 Å². The molecule has 0 unspecified atom stereocenters. The minimum atomic E-state index is -2.27. The standard InChI is InChI=1S/C4H6O6.HI.Na/c5-1(3(7)8)2(6)4(9)10;;/h1-2,5-6H,(H,7,8)(H,9,10);1H;/q;;+1/p-1/t1-,2-;;/m0../s1. The van der Waals surface area contributed by atoms with Crippen LogP contribution in [0.4, 0.5) is 0 Å². The Labute approximate surface area is 107 Å². The third-order valence-electron chi connectivity index (χ3n) is 0.805. The molecule has 0 radical (unpaired) electrons. The molecule has 0 rings (SSSR count). The van der Waals surface area contributed by atoms with Crippen LogP contribution in [0.3, 0.4) is 0 Å². The van der Waals surface area contributed by atoms with Crippen LogP contribution in [0.5, 0.6) is 0 Å². The predicted octanol–water partition coefficient (Wildman–Crippen LogP) is -8.11. The monoisotopic (exact) mass is 300 g/mol. The normalized spacial score (nSPS) is 13.2. The van der Waals surface area contributed by atoms with Crippen molar-refractivity contribution in [2.45, 2.75) is 12.2 Å². The first-order valence-corrected chi connectivity index (χ1v) is 2.28. The number of aliphatic hydroxyl groups excluding tert-OH is 2. The summed E-state index contributed by atoms with van der Waals surface area (Å²) >= 11 is 0. The molecule has 0 aliphatic carbocycles. The van der Waals surface area contributed by atoms with E-state index in [-0.39, 0.29) is 53.5 Å². The van der Waals surface area contributed by atoms with Gasteiger partial charge in [0.25, 0.3) is 0 Å². The second-order valence-electron chi connectivity index (χ2n) is 1.57. The van der Waals surface area contributed by atoms with Crippen molar-refractivity contribution in [3.05, 3.63) is 0 Å². The average molecular weight is 300 g/mol. The van der Waals surface area contributed by atoms with Gasteiger partial charge in [0.05, 0.1) is 0 Å². The number of hydrogen-bond acceptors (Lipinski definition) is 4. The first kappa shape index (κ1) is 18.4.